The first-order valence-corrected chi connectivity index (χ1v) is 9.86. The first kappa shape index (κ1) is 20.6. The molecule has 1 aliphatic rings. The van der Waals surface area contributed by atoms with Gasteiger partial charge in [0.1, 0.15) is 17.5 Å². The summed E-state index contributed by atoms with van der Waals surface area (Å²) in [5.41, 5.74) is 0.0302. The molecule has 1 fully saturated rings. The zero-order valence-corrected chi connectivity index (χ0v) is 17.0. The van der Waals surface area contributed by atoms with Crippen molar-refractivity contribution in [3.8, 4) is 0 Å². The van der Waals surface area contributed by atoms with E-state index in [1.165, 1.54) is 12.1 Å². The lowest BCUT2D eigenvalue weighted by atomic mass is 10.1. The molecule has 6 nitrogen and oxygen atoms in total. The maximum atomic E-state index is 14.4. The lowest BCUT2D eigenvalue weighted by Gasteiger charge is -2.33. The second-order valence-electron chi connectivity index (χ2n) is 7.17. The number of pyridine rings is 1. The molecule has 0 amide bonds. The topological polar surface area (TPSA) is 57.2 Å². The molecule has 4 rings (SSSR count). The molecule has 1 aliphatic heterocycles. The molecular weight excluding hydrogens is 417 g/mol. The fourth-order valence-corrected chi connectivity index (χ4v) is 3.60. The maximum absolute atomic E-state index is 14.4. The molecule has 1 aromatic carbocycles. The van der Waals surface area contributed by atoms with E-state index in [0.29, 0.717) is 16.7 Å². The van der Waals surface area contributed by atoms with Gasteiger partial charge in [0, 0.05) is 43.7 Å². The minimum Gasteiger partial charge on any atom is -0.365 e. The van der Waals surface area contributed by atoms with Crippen molar-refractivity contribution in [2.75, 3.05) is 43.4 Å². The van der Waals surface area contributed by atoms with Crippen LogP contribution in [0.5, 0.6) is 0 Å². The number of nitrogens with one attached hydrogen (secondary N) is 1. The molecule has 0 aliphatic carbocycles. The summed E-state index contributed by atoms with van der Waals surface area (Å²) < 4.78 is 40.3. The van der Waals surface area contributed by atoms with Gasteiger partial charge in [-0.2, -0.15) is 0 Å². The van der Waals surface area contributed by atoms with Gasteiger partial charge >= 0.3 is 0 Å². The summed E-state index contributed by atoms with van der Waals surface area (Å²) in [5.74, 6) is 0.254. The molecule has 2 aromatic heterocycles. The van der Waals surface area contributed by atoms with Crippen LogP contribution in [0, 0.1) is 5.82 Å². The Morgan fingerprint density at radius 1 is 1.17 bits per heavy atom. The van der Waals surface area contributed by atoms with E-state index in [9.17, 15) is 13.2 Å². The number of rotatable bonds is 5. The van der Waals surface area contributed by atoms with Crippen molar-refractivity contribution in [2.24, 2.45) is 0 Å². The first-order chi connectivity index (χ1) is 14.4. The predicted octanol–water partition coefficient (Wildman–Crippen LogP) is 4.12. The highest BCUT2D eigenvalue weighted by Crippen LogP contribution is 2.28. The van der Waals surface area contributed by atoms with Crippen molar-refractivity contribution in [3.63, 3.8) is 0 Å². The number of benzene rings is 1. The molecular formula is C20H20ClF3N6. The van der Waals surface area contributed by atoms with Gasteiger partial charge in [-0.1, -0.05) is 18.2 Å². The van der Waals surface area contributed by atoms with Gasteiger partial charge in [-0.05, 0) is 24.7 Å². The van der Waals surface area contributed by atoms with Crippen LogP contribution >= 0.6 is 11.6 Å². The third-order valence-corrected chi connectivity index (χ3v) is 5.33. The van der Waals surface area contributed by atoms with Crippen LogP contribution in [-0.4, -0.2) is 53.1 Å². The van der Waals surface area contributed by atoms with Crippen molar-refractivity contribution in [3.05, 3.63) is 52.7 Å². The van der Waals surface area contributed by atoms with E-state index in [1.54, 1.807) is 6.20 Å². The Hall–Kier alpha value is -2.65. The monoisotopic (exact) mass is 436 g/mol. The van der Waals surface area contributed by atoms with Crippen LogP contribution in [0.4, 0.5) is 24.8 Å². The number of halogens is 4. The van der Waals surface area contributed by atoms with Crippen LogP contribution in [0.3, 0.4) is 0 Å². The molecule has 0 radical (unpaired) electrons. The molecule has 158 valence electrons. The SMILES string of the molecule is CN1CCN(c2cc3c(NCc4cccc(C(F)F)c4F)nc(Cl)nc3cn2)CC1. The van der Waals surface area contributed by atoms with Crippen molar-refractivity contribution >= 4 is 34.1 Å². The molecule has 0 spiro atoms. The van der Waals surface area contributed by atoms with Gasteiger partial charge in [0.15, 0.2) is 0 Å². The molecule has 0 bridgehead atoms. The highest BCUT2D eigenvalue weighted by molar-refractivity contribution is 6.28. The van der Waals surface area contributed by atoms with Crippen LogP contribution in [0.2, 0.25) is 5.28 Å². The number of hydrogen-bond acceptors (Lipinski definition) is 6. The Labute approximate surface area is 176 Å². The fourth-order valence-electron chi connectivity index (χ4n) is 3.42. The molecule has 0 unspecified atom stereocenters. The van der Waals surface area contributed by atoms with Crippen LogP contribution < -0.4 is 10.2 Å². The maximum Gasteiger partial charge on any atom is 0.266 e. The number of aromatic nitrogens is 3. The Kier molecular flexibility index (Phi) is 5.92. The van der Waals surface area contributed by atoms with Gasteiger partial charge in [0.2, 0.25) is 5.28 Å². The Morgan fingerprint density at radius 2 is 1.93 bits per heavy atom. The Morgan fingerprint density at radius 3 is 2.67 bits per heavy atom. The number of nitrogens with zero attached hydrogens (tertiary/aromatic N) is 5. The molecule has 10 heteroatoms. The number of piperazine rings is 1. The summed E-state index contributed by atoms with van der Waals surface area (Å²) in [4.78, 5) is 17.3. The third-order valence-electron chi connectivity index (χ3n) is 5.16. The minimum atomic E-state index is -2.88. The number of likely N-dealkylation sites (N-methyl/N-ethyl adjacent to an activating group) is 1. The Balaban J connectivity index is 1.63. The van der Waals surface area contributed by atoms with E-state index in [2.05, 4.69) is 37.1 Å². The van der Waals surface area contributed by atoms with E-state index >= 15 is 0 Å². The van der Waals surface area contributed by atoms with Gasteiger partial charge in [0.05, 0.1) is 17.3 Å². The van der Waals surface area contributed by atoms with E-state index < -0.39 is 17.8 Å². The van der Waals surface area contributed by atoms with Gasteiger partial charge in [-0.25, -0.2) is 28.1 Å². The summed E-state index contributed by atoms with van der Waals surface area (Å²) >= 11 is 6.03. The Bertz CT molecular complexity index is 1060. The third kappa shape index (κ3) is 4.27. The fraction of sp³-hybridized carbons (Fsp3) is 0.350. The summed E-state index contributed by atoms with van der Waals surface area (Å²) in [6.45, 7) is 3.53. The summed E-state index contributed by atoms with van der Waals surface area (Å²) in [6.07, 6.45) is -1.25. The zero-order chi connectivity index (χ0) is 21.3. The number of alkyl halides is 2. The largest absolute Gasteiger partial charge is 0.365 e. The number of hydrogen-bond donors (Lipinski definition) is 1. The molecule has 3 aromatic rings. The second-order valence-corrected chi connectivity index (χ2v) is 7.50. The van der Waals surface area contributed by atoms with Gasteiger partial charge < -0.3 is 15.1 Å². The molecule has 1 saturated heterocycles. The highest BCUT2D eigenvalue weighted by atomic mass is 35.5. The van der Waals surface area contributed by atoms with Crippen molar-refractivity contribution in [1.82, 2.24) is 19.9 Å². The first-order valence-electron chi connectivity index (χ1n) is 9.48. The lowest BCUT2D eigenvalue weighted by molar-refractivity contribution is 0.146. The van der Waals surface area contributed by atoms with Gasteiger partial charge in [0.25, 0.3) is 6.43 Å². The van der Waals surface area contributed by atoms with E-state index in [1.807, 2.05) is 6.07 Å². The van der Waals surface area contributed by atoms with Crippen LogP contribution in [-0.2, 0) is 6.54 Å². The van der Waals surface area contributed by atoms with Crippen LogP contribution in [0.15, 0.2) is 30.5 Å². The lowest BCUT2D eigenvalue weighted by Crippen LogP contribution is -2.44. The molecule has 30 heavy (non-hydrogen) atoms. The van der Waals surface area contributed by atoms with Gasteiger partial charge in [-0.15, -0.1) is 0 Å². The zero-order valence-electron chi connectivity index (χ0n) is 16.2. The smallest absolute Gasteiger partial charge is 0.266 e. The number of anilines is 2. The molecule has 3 heterocycles. The standard InChI is InChI=1S/C20H20ClF3N6/c1-29-5-7-30(8-6-29)16-9-14-15(11-25-16)27-20(21)28-19(14)26-10-12-3-2-4-13(17(12)22)18(23)24/h2-4,9,11,18H,5-8,10H2,1H3,(H,26,27,28). The van der Waals surface area contributed by atoms with E-state index in [0.717, 1.165) is 38.1 Å². The van der Waals surface area contributed by atoms with Crippen LogP contribution in [0.1, 0.15) is 17.6 Å². The minimum absolute atomic E-state index is 0.0148. The van der Waals surface area contributed by atoms with Crippen molar-refractivity contribution < 1.29 is 13.2 Å². The van der Waals surface area contributed by atoms with Gasteiger partial charge in [-0.3, -0.25) is 0 Å². The van der Waals surface area contributed by atoms with Crippen LogP contribution in [0.25, 0.3) is 10.9 Å². The van der Waals surface area contributed by atoms with Crippen molar-refractivity contribution in [1.29, 1.82) is 0 Å². The molecule has 0 atom stereocenters. The number of fused-ring (bicyclic) bond motifs is 1. The highest BCUT2D eigenvalue weighted by Gasteiger charge is 2.18. The van der Waals surface area contributed by atoms with Crippen molar-refractivity contribution in [2.45, 2.75) is 13.0 Å². The quantitative estimate of drug-likeness (QED) is 0.607. The summed E-state index contributed by atoms with van der Waals surface area (Å²) in [5, 5.41) is 3.70. The van der Waals surface area contributed by atoms with E-state index in [4.69, 9.17) is 11.6 Å². The average molecular weight is 437 g/mol. The summed E-state index contributed by atoms with van der Waals surface area (Å²) in [6, 6.07) is 5.80. The predicted molar refractivity (Wildman–Crippen MR) is 111 cm³/mol. The molecule has 0 saturated carbocycles. The normalized spacial score (nSPS) is 15.2. The van der Waals surface area contributed by atoms with E-state index in [-0.39, 0.29) is 17.4 Å². The average Bonchev–Trinajstić information content (AvgIpc) is 2.73. The second kappa shape index (κ2) is 8.61. The summed E-state index contributed by atoms with van der Waals surface area (Å²) in [7, 11) is 2.07. The molecule has 1 N–H and O–H groups in total.